The van der Waals surface area contributed by atoms with Crippen molar-refractivity contribution in [1.82, 2.24) is 0 Å². The highest BCUT2D eigenvalue weighted by molar-refractivity contribution is 6.06. The van der Waals surface area contributed by atoms with Crippen LogP contribution in [0, 0.1) is 0 Å². The average Bonchev–Trinajstić information content (AvgIpc) is 2.49. The molecule has 0 saturated heterocycles. The molecule has 2 aromatic carbocycles. The van der Waals surface area contributed by atoms with Crippen LogP contribution in [0.2, 0.25) is 0 Å². The summed E-state index contributed by atoms with van der Waals surface area (Å²) in [6.07, 6.45) is 0. The van der Waals surface area contributed by atoms with Gasteiger partial charge in [0.1, 0.15) is 0 Å². The molecule has 0 aliphatic rings. The number of para-hydroxylation sites is 2. The SMILES string of the molecule is CN=C(N(C)c1ccccc1)N(C)c1ccccc1. The summed E-state index contributed by atoms with van der Waals surface area (Å²) in [5.41, 5.74) is 2.23. The van der Waals surface area contributed by atoms with Crippen molar-refractivity contribution in [3.8, 4) is 0 Å². The second kappa shape index (κ2) is 6.05. The molecule has 0 aromatic heterocycles. The standard InChI is InChI=1S/C16H19N3/c1-17-16(18(2)14-10-6-4-7-11-14)19(3)15-12-8-5-9-13-15/h4-13H,1-3H3. The van der Waals surface area contributed by atoms with E-state index in [1.54, 1.807) is 0 Å². The molecular formula is C16H19N3. The van der Waals surface area contributed by atoms with Crippen LogP contribution in [0.25, 0.3) is 0 Å². The van der Waals surface area contributed by atoms with Gasteiger partial charge in [-0.25, -0.2) is 0 Å². The third kappa shape index (κ3) is 2.94. The monoisotopic (exact) mass is 253 g/mol. The quantitative estimate of drug-likeness (QED) is 0.604. The van der Waals surface area contributed by atoms with Gasteiger partial charge in [-0.2, -0.15) is 0 Å². The summed E-state index contributed by atoms with van der Waals surface area (Å²) in [7, 11) is 5.86. The van der Waals surface area contributed by atoms with Crippen LogP contribution in [0.1, 0.15) is 0 Å². The summed E-state index contributed by atoms with van der Waals surface area (Å²) in [6.45, 7) is 0. The summed E-state index contributed by atoms with van der Waals surface area (Å²) in [5, 5.41) is 0. The predicted molar refractivity (Wildman–Crippen MR) is 83.0 cm³/mol. The number of benzene rings is 2. The first-order valence-electron chi connectivity index (χ1n) is 6.28. The Morgan fingerprint density at radius 3 is 1.42 bits per heavy atom. The van der Waals surface area contributed by atoms with Crippen LogP contribution < -0.4 is 9.80 Å². The Bertz CT molecular complexity index is 487. The Labute approximate surface area is 114 Å². The van der Waals surface area contributed by atoms with Crippen LogP contribution in [-0.2, 0) is 0 Å². The molecule has 98 valence electrons. The minimum atomic E-state index is 0.900. The maximum Gasteiger partial charge on any atom is 0.204 e. The lowest BCUT2D eigenvalue weighted by molar-refractivity contribution is 1.12. The number of nitrogens with zero attached hydrogens (tertiary/aromatic N) is 3. The van der Waals surface area contributed by atoms with Gasteiger partial charge in [-0.3, -0.25) is 4.99 Å². The van der Waals surface area contributed by atoms with Crippen molar-refractivity contribution >= 4 is 17.3 Å². The molecule has 2 aromatic rings. The van der Waals surface area contributed by atoms with Gasteiger partial charge in [0.2, 0.25) is 5.96 Å². The average molecular weight is 253 g/mol. The Hall–Kier alpha value is -2.29. The molecule has 19 heavy (non-hydrogen) atoms. The van der Waals surface area contributed by atoms with Crippen molar-refractivity contribution < 1.29 is 0 Å². The Balaban J connectivity index is 2.26. The van der Waals surface area contributed by atoms with Crippen LogP contribution in [0.4, 0.5) is 11.4 Å². The second-order valence-corrected chi connectivity index (χ2v) is 4.31. The van der Waals surface area contributed by atoms with Crippen molar-refractivity contribution in [2.24, 2.45) is 4.99 Å². The van der Waals surface area contributed by atoms with Crippen molar-refractivity contribution in [2.45, 2.75) is 0 Å². The molecule has 0 radical (unpaired) electrons. The summed E-state index contributed by atoms with van der Waals surface area (Å²) in [4.78, 5) is 8.56. The molecule has 0 saturated carbocycles. The fraction of sp³-hybridized carbons (Fsp3) is 0.188. The van der Waals surface area contributed by atoms with Gasteiger partial charge in [0.05, 0.1) is 0 Å². The first-order valence-corrected chi connectivity index (χ1v) is 6.28. The van der Waals surface area contributed by atoms with Gasteiger partial charge in [-0.05, 0) is 24.3 Å². The highest BCUT2D eigenvalue weighted by Crippen LogP contribution is 2.17. The third-order valence-electron chi connectivity index (χ3n) is 3.09. The molecule has 0 unspecified atom stereocenters. The van der Waals surface area contributed by atoms with E-state index in [0.29, 0.717) is 0 Å². The van der Waals surface area contributed by atoms with Gasteiger partial charge in [-0.1, -0.05) is 36.4 Å². The number of rotatable bonds is 2. The van der Waals surface area contributed by atoms with Gasteiger partial charge in [-0.15, -0.1) is 0 Å². The van der Waals surface area contributed by atoms with Gasteiger partial charge in [0.25, 0.3) is 0 Å². The normalized spacial score (nSPS) is 9.84. The second-order valence-electron chi connectivity index (χ2n) is 4.31. The minimum Gasteiger partial charge on any atom is -0.315 e. The van der Waals surface area contributed by atoms with Crippen LogP contribution in [0.3, 0.4) is 0 Å². The Morgan fingerprint density at radius 1 is 0.737 bits per heavy atom. The Kier molecular flexibility index (Phi) is 4.18. The van der Waals surface area contributed by atoms with Crippen LogP contribution in [-0.4, -0.2) is 27.1 Å². The van der Waals surface area contributed by atoms with E-state index in [0.717, 1.165) is 17.3 Å². The van der Waals surface area contributed by atoms with E-state index >= 15 is 0 Å². The molecule has 0 amide bonds. The molecule has 3 heteroatoms. The van der Waals surface area contributed by atoms with Gasteiger partial charge in [0.15, 0.2) is 0 Å². The lowest BCUT2D eigenvalue weighted by Gasteiger charge is -2.29. The smallest absolute Gasteiger partial charge is 0.204 e. The van der Waals surface area contributed by atoms with Gasteiger partial charge >= 0.3 is 0 Å². The minimum absolute atomic E-state index is 0.900. The number of guanidine groups is 1. The maximum absolute atomic E-state index is 4.41. The lowest BCUT2D eigenvalue weighted by Crippen LogP contribution is -2.40. The zero-order valence-electron chi connectivity index (χ0n) is 11.6. The van der Waals surface area contributed by atoms with E-state index in [9.17, 15) is 0 Å². The van der Waals surface area contributed by atoms with Crippen molar-refractivity contribution in [2.75, 3.05) is 30.9 Å². The summed E-state index contributed by atoms with van der Waals surface area (Å²) >= 11 is 0. The molecule has 0 heterocycles. The van der Waals surface area contributed by atoms with E-state index in [1.807, 2.05) is 57.5 Å². The molecule has 0 fully saturated rings. The number of hydrogen-bond acceptors (Lipinski definition) is 1. The van der Waals surface area contributed by atoms with Crippen LogP contribution >= 0.6 is 0 Å². The molecule has 2 rings (SSSR count). The fourth-order valence-electron chi connectivity index (χ4n) is 2.06. The van der Waals surface area contributed by atoms with Crippen molar-refractivity contribution in [3.05, 3.63) is 60.7 Å². The molecule has 0 aliphatic carbocycles. The highest BCUT2D eigenvalue weighted by Gasteiger charge is 2.13. The first-order chi connectivity index (χ1) is 9.24. The largest absolute Gasteiger partial charge is 0.315 e. The third-order valence-corrected chi connectivity index (χ3v) is 3.09. The Morgan fingerprint density at radius 2 is 1.11 bits per heavy atom. The fourth-order valence-corrected chi connectivity index (χ4v) is 2.06. The lowest BCUT2D eigenvalue weighted by atomic mass is 10.3. The zero-order chi connectivity index (χ0) is 13.7. The van der Waals surface area contributed by atoms with Gasteiger partial charge < -0.3 is 9.80 Å². The summed E-state index contributed by atoms with van der Waals surface area (Å²) < 4.78 is 0. The zero-order valence-corrected chi connectivity index (χ0v) is 11.6. The van der Waals surface area contributed by atoms with Crippen molar-refractivity contribution in [1.29, 1.82) is 0 Å². The molecule has 0 spiro atoms. The van der Waals surface area contributed by atoms with Crippen LogP contribution in [0.15, 0.2) is 65.7 Å². The molecule has 0 bridgehead atoms. The first kappa shape index (κ1) is 13.1. The molecule has 0 atom stereocenters. The topological polar surface area (TPSA) is 18.8 Å². The maximum atomic E-state index is 4.41. The molecule has 0 N–H and O–H groups in total. The van der Waals surface area contributed by atoms with Gasteiger partial charge in [0, 0.05) is 32.5 Å². The number of hydrogen-bond donors (Lipinski definition) is 0. The van der Waals surface area contributed by atoms with Crippen molar-refractivity contribution in [3.63, 3.8) is 0 Å². The van der Waals surface area contributed by atoms with E-state index in [-0.39, 0.29) is 0 Å². The molecular weight excluding hydrogens is 234 g/mol. The molecule has 3 nitrogen and oxygen atoms in total. The number of aliphatic imine (C=N–C) groups is 1. The summed E-state index contributed by atoms with van der Waals surface area (Å²) in [6, 6.07) is 20.4. The highest BCUT2D eigenvalue weighted by atomic mass is 15.4. The number of anilines is 2. The van der Waals surface area contributed by atoms with E-state index < -0.39 is 0 Å². The predicted octanol–water partition coefficient (Wildman–Crippen LogP) is 3.25. The molecule has 0 aliphatic heterocycles. The van der Waals surface area contributed by atoms with E-state index in [1.165, 1.54) is 0 Å². The van der Waals surface area contributed by atoms with Crippen LogP contribution in [0.5, 0.6) is 0 Å². The van der Waals surface area contributed by atoms with E-state index in [4.69, 9.17) is 0 Å². The summed E-state index contributed by atoms with van der Waals surface area (Å²) in [5.74, 6) is 0.900. The van der Waals surface area contributed by atoms with E-state index in [2.05, 4.69) is 39.1 Å².